The molecule has 7 heteroatoms. The molecule has 1 heterocycles. The molecule has 0 aliphatic carbocycles. The zero-order valence-electron chi connectivity index (χ0n) is 15.0. The summed E-state index contributed by atoms with van der Waals surface area (Å²) in [6.07, 6.45) is 0. The number of aryl methyl sites for hydroxylation is 1. The van der Waals surface area contributed by atoms with Gasteiger partial charge >= 0.3 is 0 Å². The number of halogens is 1. The van der Waals surface area contributed by atoms with Crippen LogP contribution in [0.1, 0.15) is 21.7 Å². The summed E-state index contributed by atoms with van der Waals surface area (Å²) >= 11 is 5.95. The fraction of sp³-hybridized carbons (Fsp3) is 0.150. The number of carbonyl (C=O) groups is 1. The first-order valence-corrected chi connectivity index (χ1v) is 8.71. The molecule has 0 atom stereocenters. The maximum atomic E-state index is 12.5. The predicted molar refractivity (Wildman–Crippen MR) is 106 cm³/mol. The van der Waals surface area contributed by atoms with E-state index in [1.54, 1.807) is 37.4 Å². The van der Waals surface area contributed by atoms with Crippen molar-refractivity contribution in [3.63, 3.8) is 0 Å². The van der Waals surface area contributed by atoms with E-state index in [1.165, 1.54) is 0 Å². The zero-order valence-corrected chi connectivity index (χ0v) is 15.7. The highest BCUT2D eigenvalue weighted by Crippen LogP contribution is 2.16. The average molecular weight is 383 g/mol. The summed E-state index contributed by atoms with van der Waals surface area (Å²) < 4.78 is 5.15. The van der Waals surface area contributed by atoms with Crippen LogP contribution in [0.2, 0.25) is 5.02 Å². The molecule has 0 saturated carbocycles. The summed E-state index contributed by atoms with van der Waals surface area (Å²) in [5.74, 6) is 0.864. The maximum Gasteiger partial charge on any atom is 0.274 e. The first-order valence-electron chi connectivity index (χ1n) is 8.33. The van der Waals surface area contributed by atoms with Crippen molar-refractivity contribution in [2.75, 3.05) is 17.7 Å². The number of rotatable bonds is 6. The SMILES string of the molecule is COc1ccc(CNc2nc(C)cc(C(=O)Nc3cccc(Cl)c3)n2)cc1. The molecule has 1 amide bonds. The fourth-order valence-corrected chi connectivity index (χ4v) is 2.64. The maximum absolute atomic E-state index is 12.5. The van der Waals surface area contributed by atoms with E-state index >= 15 is 0 Å². The lowest BCUT2D eigenvalue weighted by molar-refractivity contribution is 0.102. The first-order chi connectivity index (χ1) is 13.0. The molecule has 0 unspecified atom stereocenters. The van der Waals surface area contributed by atoms with Crippen LogP contribution in [-0.2, 0) is 6.54 Å². The molecule has 0 aliphatic rings. The van der Waals surface area contributed by atoms with Crippen molar-refractivity contribution in [3.8, 4) is 5.75 Å². The Bertz CT molecular complexity index is 945. The zero-order chi connectivity index (χ0) is 19.2. The fourth-order valence-electron chi connectivity index (χ4n) is 2.45. The van der Waals surface area contributed by atoms with Gasteiger partial charge in [0.15, 0.2) is 0 Å². The predicted octanol–water partition coefficient (Wildman–Crippen LogP) is 4.31. The second kappa shape index (κ2) is 8.51. The number of carbonyl (C=O) groups excluding carboxylic acids is 1. The van der Waals surface area contributed by atoms with Gasteiger partial charge in [0.05, 0.1) is 7.11 Å². The van der Waals surface area contributed by atoms with Crippen molar-refractivity contribution in [2.24, 2.45) is 0 Å². The van der Waals surface area contributed by atoms with Gasteiger partial charge in [-0.3, -0.25) is 4.79 Å². The molecule has 1 aromatic heterocycles. The number of anilines is 2. The van der Waals surface area contributed by atoms with Crippen LogP contribution >= 0.6 is 11.6 Å². The van der Waals surface area contributed by atoms with E-state index in [4.69, 9.17) is 16.3 Å². The van der Waals surface area contributed by atoms with Gasteiger partial charge in [0.1, 0.15) is 11.4 Å². The van der Waals surface area contributed by atoms with Crippen molar-refractivity contribution < 1.29 is 9.53 Å². The van der Waals surface area contributed by atoms with E-state index in [9.17, 15) is 4.79 Å². The highest BCUT2D eigenvalue weighted by atomic mass is 35.5. The molecule has 0 spiro atoms. The lowest BCUT2D eigenvalue weighted by Gasteiger charge is -2.09. The number of amides is 1. The van der Waals surface area contributed by atoms with Crippen molar-refractivity contribution in [1.29, 1.82) is 0 Å². The van der Waals surface area contributed by atoms with Crippen molar-refractivity contribution in [3.05, 3.63) is 76.6 Å². The van der Waals surface area contributed by atoms with E-state index in [0.717, 1.165) is 11.3 Å². The number of nitrogens with one attached hydrogen (secondary N) is 2. The van der Waals surface area contributed by atoms with Gasteiger partial charge in [0.25, 0.3) is 5.91 Å². The smallest absolute Gasteiger partial charge is 0.274 e. The van der Waals surface area contributed by atoms with Crippen LogP contribution in [0, 0.1) is 6.92 Å². The number of aromatic nitrogens is 2. The van der Waals surface area contributed by atoms with E-state index in [1.807, 2.05) is 31.2 Å². The van der Waals surface area contributed by atoms with Crippen molar-refractivity contribution in [1.82, 2.24) is 9.97 Å². The van der Waals surface area contributed by atoms with Gasteiger partial charge in [-0.05, 0) is 48.9 Å². The third-order valence-corrected chi connectivity index (χ3v) is 4.01. The van der Waals surface area contributed by atoms with Crippen LogP contribution in [0.4, 0.5) is 11.6 Å². The van der Waals surface area contributed by atoms with Crippen LogP contribution in [0.3, 0.4) is 0 Å². The van der Waals surface area contributed by atoms with Crippen molar-refractivity contribution in [2.45, 2.75) is 13.5 Å². The van der Waals surface area contributed by atoms with Crippen molar-refractivity contribution >= 4 is 29.1 Å². The molecule has 2 N–H and O–H groups in total. The summed E-state index contributed by atoms with van der Waals surface area (Å²) in [6.45, 7) is 2.35. The first kappa shape index (κ1) is 18.7. The summed E-state index contributed by atoms with van der Waals surface area (Å²) in [5, 5.41) is 6.48. The Morgan fingerprint density at radius 2 is 1.89 bits per heavy atom. The third kappa shape index (κ3) is 5.18. The number of ether oxygens (including phenoxy) is 1. The molecule has 138 valence electrons. The molecule has 0 bridgehead atoms. The average Bonchev–Trinajstić information content (AvgIpc) is 2.66. The number of hydrogen-bond donors (Lipinski definition) is 2. The molecule has 0 aliphatic heterocycles. The largest absolute Gasteiger partial charge is 0.497 e. The highest BCUT2D eigenvalue weighted by molar-refractivity contribution is 6.30. The van der Waals surface area contributed by atoms with Gasteiger partial charge in [-0.25, -0.2) is 9.97 Å². The number of benzene rings is 2. The Morgan fingerprint density at radius 1 is 1.11 bits per heavy atom. The Kier molecular flexibility index (Phi) is 5.88. The summed E-state index contributed by atoms with van der Waals surface area (Å²) in [5.41, 5.74) is 2.63. The molecule has 0 fully saturated rings. The van der Waals surface area contributed by atoms with Crippen LogP contribution < -0.4 is 15.4 Å². The Morgan fingerprint density at radius 3 is 2.59 bits per heavy atom. The van der Waals surface area contributed by atoms with E-state index in [2.05, 4.69) is 20.6 Å². The monoisotopic (exact) mass is 382 g/mol. The van der Waals surface area contributed by atoms with Gasteiger partial charge in [0, 0.05) is 22.9 Å². The molecule has 27 heavy (non-hydrogen) atoms. The highest BCUT2D eigenvalue weighted by Gasteiger charge is 2.11. The summed E-state index contributed by atoms with van der Waals surface area (Å²) in [4.78, 5) is 21.1. The molecule has 3 aromatic rings. The Labute approximate surface area is 162 Å². The summed E-state index contributed by atoms with van der Waals surface area (Å²) in [7, 11) is 1.63. The van der Waals surface area contributed by atoms with Gasteiger partial charge in [-0.15, -0.1) is 0 Å². The molecule has 2 aromatic carbocycles. The number of hydrogen-bond acceptors (Lipinski definition) is 5. The van der Waals surface area contributed by atoms with E-state index < -0.39 is 0 Å². The molecule has 6 nitrogen and oxygen atoms in total. The summed E-state index contributed by atoms with van der Waals surface area (Å²) in [6, 6.07) is 16.3. The number of methoxy groups -OCH3 is 1. The van der Waals surface area contributed by atoms with Crippen LogP contribution in [0.15, 0.2) is 54.6 Å². The topological polar surface area (TPSA) is 76.1 Å². The minimum Gasteiger partial charge on any atom is -0.497 e. The molecule has 0 radical (unpaired) electrons. The minimum absolute atomic E-state index is 0.278. The standard InChI is InChI=1S/C20H19ClN4O2/c1-13-10-18(19(26)24-16-5-3-4-15(21)11-16)25-20(23-13)22-12-14-6-8-17(27-2)9-7-14/h3-11H,12H2,1-2H3,(H,24,26)(H,22,23,25). The third-order valence-electron chi connectivity index (χ3n) is 3.78. The van der Waals surface area contributed by atoms with Gasteiger partial charge in [0.2, 0.25) is 5.95 Å². The Balaban J connectivity index is 1.70. The number of nitrogens with zero attached hydrogens (tertiary/aromatic N) is 2. The molecule has 3 rings (SSSR count). The second-order valence-corrected chi connectivity index (χ2v) is 6.32. The van der Waals surface area contributed by atoms with Gasteiger partial charge in [-0.1, -0.05) is 29.8 Å². The molecular formula is C20H19ClN4O2. The quantitative estimate of drug-likeness (QED) is 0.664. The van der Waals surface area contributed by atoms with E-state index in [0.29, 0.717) is 28.9 Å². The minimum atomic E-state index is -0.324. The molecular weight excluding hydrogens is 364 g/mol. The van der Waals surface area contributed by atoms with Crippen LogP contribution in [0.5, 0.6) is 5.75 Å². The normalized spacial score (nSPS) is 10.3. The van der Waals surface area contributed by atoms with Crippen LogP contribution in [0.25, 0.3) is 0 Å². The Hall–Kier alpha value is -3.12. The molecule has 0 saturated heterocycles. The van der Waals surface area contributed by atoms with Gasteiger partial charge < -0.3 is 15.4 Å². The van der Waals surface area contributed by atoms with Gasteiger partial charge in [-0.2, -0.15) is 0 Å². The van der Waals surface area contributed by atoms with E-state index in [-0.39, 0.29) is 11.6 Å². The lowest BCUT2D eigenvalue weighted by atomic mass is 10.2. The second-order valence-electron chi connectivity index (χ2n) is 5.88. The van der Waals surface area contributed by atoms with Crippen LogP contribution in [-0.4, -0.2) is 23.0 Å². The lowest BCUT2D eigenvalue weighted by Crippen LogP contribution is -2.16.